The van der Waals surface area contributed by atoms with Gasteiger partial charge in [-0.25, -0.2) is 18.1 Å². The molecule has 0 aromatic carbocycles. The Morgan fingerprint density at radius 3 is 2.61 bits per heavy atom. The minimum atomic E-state index is -4.61. The molecule has 1 aromatic heterocycles. The summed E-state index contributed by atoms with van der Waals surface area (Å²) in [6.45, 7) is 1.54. The number of aromatic nitrogens is 2. The van der Waals surface area contributed by atoms with Gasteiger partial charge in [0.2, 0.25) is 6.23 Å². The smallest absolute Gasteiger partial charge is 0.333 e. The average molecular weight is 453 g/mol. The third-order valence-electron chi connectivity index (χ3n) is 4.02. The summed E-state index contributed by atoms with van der Waals surface area (Å²) in [5.74, 6) is -4.30. The lowest BCUT2D eigenvalue weighted by atomic mass is 9.96. The van der Waals surface area contributed by atoms with Crippen molar-refractivity contribution in [1.29, 1.82) is 0 Å². The summed E-state index contributed by atoms with van der Waals surface area (Å²) >= 11 is 5.54. The number of hydrogen-bond donors (Lipinski definition) is 1. The summed E-state index contributed by atoms with van der Waals surface area (Å²) < 4.78 is 89.1. The second-order valence-electron chi connectivity index (χ2n) is 6.40. The number of rotatable bonds is 4. The van der Waals surface area contributed by atoms with E-state index in [1.807, 2.05) is 0 Å². The van der Waals surface area contributed by atoms with E-state index < -0.39 is 67.1 Å². The van der Waals surface area contributed by atoms with Gasteiger partial charge in [-0.05, 0) is 13.8 Å². The minimum Gasteiger partial charge on any atom is -0.333 e. The molecule has 2 aliphatic heterocycles. The molecule has 0 aliphatic carbocycles. The number of hydrogen-bond acceptors (Lipinski definition) is 7. The van der Waals surface area contributed by atoms with Crippen LogP contribution in [0, 0.1) is 0 Å². The number of halogens is 5. The third kappa shape index (κ3) is 3.33. The predicted octanol–water partition coefficient (Wildman–Crippen LogP) is 2.31. The van der Waals surface area contributed by atoms with Crippen molar-refractivity contribution in [3.63, 3.8) is 0 Å². The van der Waals surface area contributed by atoms with E-state index in [4.69, 9.17) is 25.4 Å². The van der Waals surface area contributed by atoms with E-state index >= 15 is 8.78 Å². The van der Waals surface area contributed by atoms with Crippen LogP contribution in [0.3, 0.4) is 0 Å². The first kappa shape index (κ1) is 21.5. The van der Waals surface area contributed by atoms with E-state index in [1.165, 1.54) is 13.8 Å². The van der Waals surface area contributed by atoms with Crippen molar-refractivity contribution in [1.82, 2.24) is 9.55 Å². The lowest BCUT2D eigenvalue weighted by Crippen LogP contribution is -2.57. The monoisotopic (exact) mass is 452 g/mol. The molecular formula is C13H14ClF4N2O7P. The lowest BCUT2D eigenvalue weighted by molar-refractivity contribution is -0.209. The molecule has 2 fully saturated rings. The second kappa shape index (κ2) is 6.92. The van der Waals surface area contributed by atoms with E-state index in [1.54, 1.807) is 4.98 Å². The fraction of sp³-hybridized carbons (Fsp3) is 0.692. The first-order valence-corrected chi connectivity index (χ1v) is 9.62. The van der Waals surface area contributed by atoms with Crippen LogP contribution in [0.4, 0.5) is 17.6 Å². The number of nitrogens with zero attached hydrogens (tertiary/aromatic N) is 1. The number of ether oxygens (including phenoxy) is 1. The molecule has 3 heterocycles. The molecule has 3 rings (SSSR count). The standard InChI is InChI=1S/C13H14ClF4N2O7P/c1-5(2)26-28(23)24-4-12(9(15)16)8(27-28)13(17,18)10(25-12)20-3-6(14)7(21)19-11(20)22/h3,5,8-10H,4H2,1-2H3,(H,19,21,22)/t8-,10-,12-,28?/m1/s1. The molecule has 0 amide bonds. The topological polar surface area (TPSA) is 109 Å². The van der Waals surface area contributed by atoms with Gasteiger partial charge in [-0.3, -0.25) is 27.9 Å². The molecule has 2 aliphatic rings. The van der Waals surface area contributed by atoms with Crippen LogP contribution >= 0.6 is 19.4 Å². The lowest BCUT2D eigenvalue weighted by Gasteiger charge is -2.39. The SMILES string of the molecule is CC(C)OP1(=O)OC[C@@]2(C(F)F)O[C@@H](n3cc(Cl)c(=O)[nH]c3=O)C(F)(F)[C@@H]2O1. The molecule has 1 aromatic rings. The van der Waals surface area contributed by atoms with Crippen LogP contribution in [0.1, 0.15) is 20.1 Å². The Hall–Kier alpha value is -1.24. The van der Waals surface area contributed by atoms with Gasteiger partial charge in [0.05, 0.1) is 12.7 Å². The van der Waals surface area contributed by atoms with Gasteiger partial charge in [-0.15, -0.1) is 0 Å². The van der Waals surface area contributed by atoms with Gasteiger partial charge >= 0.3 is 19.4 Å². The van der Waals surface area contributed by atoms with Crippen LogP contribution < -0.4 is 11.2 Å². The van der Waals surface area contributed by atoms with Crippen molar-refractivity contribution in [2.45, 2.75) is 50.2 Å². The van der Waals surface area contributed by atoms with Crippen molar-refractivity contribution >= 4 is 19.4 Å². The zero-order valence-electron chi connectivity index (χ0n) is 14.2. The number of fused-ring (bicyclic) bond motifs is 1. The first-order valence-electron chi connectivity index (χ1n) is 7.78. The van der Waals surface area contributed by atoms with Crippen molar-refractivity contribution in [2.24, 2.45) is 0 Å². The Kier molecular flexibility index (Phi) is 5.31. The summed E-state index contributed by atoms with van der Waals surface area (Å²) in [6, 6.07) is 0. The van der Waals surface area contributed by atoms with Crippen molar-refractivity contribution in [3.05, 3.63) is 32.1 Å². The van der Waals surface area contributed by atoms with E-state index in [2.05, 4.69) is 4.52 Å². The largest absolute Gasteiger partial charge is 0.475 e. The minimum absolute atomic E-state index is 0.143. The highest BCUT2D eigenvalue weighted by Crippen LogP contribution is 2.64. The van der Waals surface area contributed by atoms with E-state index in [0.717, 1.165) is 0 Å². The Labute approximate surface area is 159 Å². The highest BCUT2D eigenvalue weighted by molar-refractivity contribution is 7.48. The van der Waals surface area contributed by atoms with Crippen LogP contribution in [0.2, 0.25) is 5.02 Å². The summed E-state index contributed by atoms with van der Waals surface area (Å²) in [5, 5.41) is -0.661. The quantitative estimate of drug-likeness (QED) is 0.551. The average Bonchev–Trinajstić information content (AvgIpc) is 2.79. The van der Waals surface area contributed by atoms with Gasteiger partial charge in [0.1, 0.15) is 5.02 Å². The molecule has 4 atom stereocenters. The van der Waals surface area contributed by atoms with Crippen LogP contribution in [0.15, 0.2) is 15.8 Å². The van der Waals surface area contributed by atoms with E-state index in [9.17, 15) is 22.9 Å². The molecule has 9 nitrogen and oxygen atoms in total. The fourth-order valence-corrected chi connectivity index (χ4v) is 4.61. The Bertz CT molecular complexity index is 938. The number of alkyl halides is 4. The van der Waals surface area contributed by atoms with E-state index in [0.29, 0.717) is 6.20 Å². The van der Waals surface area contributed by atoms with Crippen LogP contribution in [-0.4, -0.2) is 46.3 Å². The number of aromatic amines is 1. The summed E-state index contributed by atoms with van der Waals surface area (Å²) in [5.41, 5.74) is -5.51. The van der Waals surface area contributed by atoms with Gasteiger partial charge in [0.25, 0.3) is 12.0 Å². The second-order valence-corrected chi connectivity index (χ2v) is 8.39. The van der Waals surface area contributed by atoms with Crippen molar-refractivity contribution in [3.8, 4) is 0 Å². The molecule has 0 radical (unpaired) electrons. The molecule has 0 bridgehead atoms. The van der Waals surface area contributed by atoms with Crippen molar-refractivity contribution < 1.29 is 40.4 Å². The molecule has 0 saturated carbocycles. The van der Waals surface area contributed by atoms with Gasteiger partial charge in [0, 0.05) is 6.20 Å². The highest BCUT2D eigenvalue weighted by atomic mass is 35.5. The third-order valence-corrected chi connectivity index (χ3v) is 5.89. The van der Waals surface area contributed by atoms with E-state index in [-0.39, 0.29) is 4.57 Å². The predicted molar refractivity (Wildman–Crippen MR) is 84.8 cm³/mol. The molecule has 158 valence electrons. The number of phosphoric acid groups is 1. The van der Waals surface area contributed by atoms with Crippen LogP contribution in [-0.2, 0) is 22.9 Å². The molecule has 28 heavy (non-hydrogen) atoms. The summed E-state index contributed by atoms with van der Waals surface area (Å²) in [4.78, 5) is 24.9. The molecule has 1 unspecified atom stereocenters. The Morgan fingerprint density at radius 2 is 2.04 bits per heavy atom. The van der Waals surface area contributed by atoms with Gasteiger partial charge in [-0.2, -0.15) is 8.78 Å². The molecular weight excluding hydrogens is 439 g/mol. The van der Waals surface area contributed by atoms with Crippen molar-refractivity contribution in [2.75, 3.05) is 6.61 Å². The number of nitrogens with one attached hydrogen (secondary N) is 1. The maximum Gasteiger partial charge on any atom is 0.475 e. The van der Waals surface area contributed by atoms with Gasteiger partial charge < -0.3 is 4.74 Å². The number of H-pyrrole nitrogens is 1. The van der Waals surface area contributed by atoms with Gasteiger partial charge in [-0.1, -0.05) is 11.6 Å². The summed E-state index contributed by atoms with van der Waals surface area (Å²) in [7, 11) is -4.61. The highest BCUT2D eigenvalue weighted by Gasteiger charge is 2.75. The zero-order valence-corrected chi connectivity index (χ0v) is 15.9. The zero-order chi connectivity index (χ0) is 21.1. The van der Waals surface area contributed by atoms with Gasteiger partial charge in [0.15, 0.2) is 11.7 Å². The number of phosphoric ester groups is 1. The molecule has 2 saturated heterocycles. The first-order chi connectivity index (χ1) is 12.8. The molecule has 15 heteroatoms. The Morgan fingerprint density at radius 1 is 1.39 bits per heavy atom. The van der Waals surface area contributed by atoms with Crippen LogP contribution in [0.25, 0.3) is 0 Å². The summed E-state index contributed by atoms with van der Waals surface area (Å²) in [6.07, 6.45) is -9.28. The maximum atomic E-state index is 15.0. The fourth-order valence-electron chi connectivity index (χ4n) is 2.83. The maximum absolute atomic E-state index is 15.0. The molecule has 1 N–H and O–H groups in total. The normalized spacial score (nSPS) is 34.8. The Balaban J connectivity index is 2.09. The van der Waals surface area contributed by atoms with Crippen LogP contribution in [0.5, 0.6) is 0 Å². The molecule has 0 spiro atoms.